The van der Waals surface area contributed by atoms with E-state index in [1.807, 2.05) is 0 Å². The smallest absolute Gasteiger partial charge is 0.158 e. The van der Waals surface area contributed by atoms with Crippen molar-refractivity contribution in [2.75, 3.05) is 0 Å². The van der Waals surface area contributed by atoms with Crippen molar-refractivity contribution < 1.29 is 21.9 Å². The van der Waals surface area contributed by atoms with Gasteiger partial charge < -0.3 is 0 Å². The van der Waals surface area contributed by atoms with Gasteiger partial charge in [0.05, 0.1) is 0 Å². The van der Waals surface area contributed by atoms with E-state index < -0.39 is 0 Å². The van der Waals surface area contributed by atoms with E-state index in [-0.39, 0.29) is 22.9 Å². The van der Waals surface area contributed by atoms with E-state index in [1.54, 1.807) is 0 Å². The van der Waals surface area contributed by atoms with E-state index in [0.29, 0.717) is 5.92 Å². The molecule has 2 aliphatic rings. The molecule has 0 heterocycles. The molecule has 2 rings (SSSR count). The van der Waals surface area contributed by atoms with Crippen LogP contribution in [0.3, 0.4) is 0 Å². The Hall–Kier alpha value is -0.0705. The second-order valence-electron chi connectivity index (χ2n) is 4.36. The Bertz CT molecular complexity index is 171. The average molecular weight is 250 g/mol. The number of rotatable bonds is 2. The monoisotopic (exact) mass is 250 g/mol. The summed E-state index contributed by atoms with van der Waals surface area (Å²) in [5, 5.41) is 0. The number of carbonyl (C=O) groups excluding carboxylic acids is 1. The third-order valence-corrected chi connectivity index (χ3v) is 3.21. The first-order valence-corrected chi connectivity index (χ1v) is 6.01. The fourth-order valence-electron chi connectivity index (χ4n) is 2.26. The number of allylic oxidation sites excluding steroid dienone is 1. The van der Waals surface area contributed by atoms with Crippen molar-refractivity contribution in [1.82, 2.24) is 0 Å². The van der Waals surface area contributed by atoms with E-state index in [4.69, 9.17) is 0 Å². The fourth-order valence-corrected chi connectivity index (χ4v) is 2.26. The Morgan fingerprint density at radius 3 is 1.67 bits per heavy atom. The van der Waals surface area contributed by atoms with Gasteiger partial charge in [-0.05, 0) is 18.9 Å². The van der Waals surface area contributed by atoms with Gasteiger partial charge >= 0.3 is 0 Å². The van der Waals surface area contributed by atoms with E-state index >= 15 is 0 Å². The minimum atomic E-state index is 0. The Kier molecular flexibility index (Phi) is 9.13. The van der Waals surface area contributed by atoms with Crippen molar-refractivity contribution in [1.29, 1.82) is 0 Å². The fraction of sp³-hybridized carbons (Fsp3) is 0.769. The summed E-state index contributed by atoms with van der Waals surface area (Å²) in [7, 11) is 0. The van der Waals surface area contributed by atoms with E-state index in [2.05, 4.69) is 6.58 Å². The van der Waals surface area contributed by atoms with Crippen LogP contribution in [0.25, 0.3) is 0 Å². The number of hydrogen-bond acceptors (Lipinski definition) is 1. The minimum absolute atomic E-state index is 0. The zero-order chi connectivity index (χ0) is 10.2. The molecule has 0 amide bonds. The molecule has 2 saturated carbocycles. The Morgan fingerprint density at radius 1 is 0.933 bits per heavy atom. The molecule has 0 N–H and O–H groups in total. The predicted molar refractivity (Wildman–Crippen MR) is 60.2 cm³/mol. The van der Waals surface area contributed by atoms with Crippen molar-refractivity contribution in [3.8, 4) is 0 Å². The van der Waals surface area contributed by atoms with Crippen molar-refractivity contribution in [2.24, 2.45) is 5.92 Å². The molecule has 88 valence electrons. The Balaban J connectivity index is 0.000000280. The van der Waals surface area contributed by atoms with Gasteiger partial charge in [0.2, 0.25) is 0 Å². The second-order valence-corrected chi connectivity index (χ2v) is 4.36. The van der Waals surface area contributed by atoms with E-state index in [0.717, 1.165) is 12.8 Å². The summed E-state index contributed by atoms with van der Waals surface area (Å²) in [5.41, 5.74) is 0. The van der Waals surface area contributed by atoms with Crippen LogP contribution in [-0.2, 0) is 21.9 Å². The molecule has 0 saturated heterocycles. The maximum atomic E-state index is 10.9. The summed E-state index contributed by atoms with van der Waals surface area (Å²) >= 11 is 0. The van der Waals surface area contributed by atoms with Gasteiger partial charge in [-0.1, -0.05) is 51.5 Å². The molecule has 2 fully saturated rings. The quantitative estimate of drug-likeness (QED) is 0.537. The van der Waals surface area contributed by atoms with Gasteiger partial charge in [0, 0.05) is 23.0 Å². The summed E-state index contributed by atoms with van der Waals surface area (Å²) in [4.78, 5) is 10.9. The molecule has 0 bridgehead atoms. The molecule has 0 unspecified atom stereocenters. The molecule has 0 aromatic heterocycles. The van der Waals surface area contributed by atoms with Gasteiger partial charge in [-0.2, -0.15) is 0 Å². The minimum Gasteiger partial charge on any atom is -0.295 e. The molecule has 0 aromatic rings. The topological polar surface area (TPSA) is 17.1 Å². The third kappa shape index (κ3) is 6.17. The van der Waals surface area contributed by atoms with Crippen LogP contribution in [0, 0.1) is 5.92 Å². The zero-order valence-corrected chi connectivity index (χ0v) is 10.6. The molecule has 2 heteroatoms. The van der Waals surface area contributed by atoms with Crippen LogP contribution in [0.15, 0.2) is 12.7 Å². The largest absolute Gasteiger partial charge is 0.295 e. The Morgan fingerprint density at radius 2 is 1.33 bits per heavy atom. The molecule has 0 atom stereocenters. The van der Waals surface area contributed by atoms with Gasteiger partial charge in [0.1, 0.15) is 0 Å². The van der Waals surface area contributed by atoms with Crippen molar-refractivity contribution >= 4 is 5.78 Å². The Labute approximate surface area is 104 Å². The van der Waals surface area contributed by atoms with Gasteiger partial charge in [0.25, 0.3) is 0 Å². The maximum Gasteiger partial charge on any atom is 0.158 e. The van der Waals surface area contributed by atoms with Crippen LogP contribution >= 0.6 is 0 Å². The zero-order valence-electron chi connectivity index (χ0n) is 9.49. The molecule has 0 spiro atoms. The van der Waals surface area contributed by atoms with Gasteiger partial charge in [0.15, 0.2) is 5.78 Å². The summed E-state index contributed by atoms with van der Waals surface area (Å²) in [5.74, 6) is 0.565. The number of hydrogen-bond donors (Lipinski definition) is 0. The van der Waals surface area contributed by atoms with Crippen molar-refractivity contribution in [2.45, 2.75) is 57.8 Å². The number of ketones is 1. The normalized spacial score (nSPS) is 20.0. The SMILES string of the molecule is C1CCCC1.C=CC(=O)C1CCCC1.[Fe]. The van der Waals surface area contributed by atoms with Crippen LogP contribution in [0.2, 0.25) is 0 Å². The first-order valence-electron chi connectivity index (χ1n) is 6.01. The molecule has 0 aromatic carbocycles. The van der Waals surface area contributed by atoms with Crippen molar-refractivity contribution in [3.63, 3.8) is 0 Å². The summed E-state index contributed by atoms with van der Waals surface area (Å²) in [6.45, 7) is 3.46. The average Bonchev–Trinajstić information content (AvgIpc) is 2.91. The van der Waals surface area contributed by atoms with Gasteiger partial charge in [-0.3, -0.25) is 4.79 Å². The van der Waals surface area contributed by atoms with Crippen LogP contribution in [0.1, 0.15) is 57.8 Å². The molecule has 0 aliphatic heterocycles. The van der Waals surface area contributed by atoms with Crippen molar-refractivity contribution in [3.05, 3.63) is 12.7 Å². The maximum absolute atomic E-state index is 10.9. The first-order chi connectivity index (χ1) is 6.84. The predicted octanol–water partition coefficient (Wildman–Crippen LogP) is 3.88. The van der Waals surface area contributed by atoms with E-state index in [9.17, 15) is 4.79 Å². The first kappa shape index (κ1) is 14.9. The summed E-state index contributed by atoms with van der Waals surface area (Å²) < 4.78 is 0. The molecular formula is C13H22FeO. The molecule has 2 aliphatic carbocycles. The van der Waals surface area contributed by atoms with Crippen LogP contribution in [0.4, 0.5) is 0 Å². The van der Waals surface area contributed by atoms with Gasteiger partial charge in [-0.15, -0.1) is 0 Å². The molecule has 0 radical (unpaired) electrons. The van der Waals surface area contributed by atoms with Crippen LogP contribution in [-0.4, -0.2) is 5.78 Å². The summed E-state index contributed by atoms with van der Waals surface area (Å²) in [6.07, 6.45) is 13.6. The standard InChI is InChI=1S/C8H12O.C5H10.Fe/c1-2-8(9)7-5-3-4-6-7;1-2-4-5-3-1;/h2,7H,1,3-6H2;1-5H2;. The molecular weight excluding hydrogens is 228 g/mol. The van der Waals surface area contributed by atoms with Crippen LogP contribution < -0.4 is 0 Å². The van der Waals surface area contributed by atoms with Gasteiger partial charge in [-0.25, -0.2) is 0 Å². The van der Waals surface area contributed by atoms with Crippen LogP contribution in [0.5, 0.6) is 0 Å². The molecule has 1 nitrogen and oxygen atoms in total. The second kappa shape index (κ2) is 9.18. The number of carbonyl (C=O) groups is 1. The third-order valence-electron chi connectivity index (χ3n) is 3.21. The molecule has 15 heavy (non-hydrogen) atoms. The van der Waals surface area contributed by atoms with E-state index in [1.165, 1.54) is 51.0 Å². The summed E-state index contributed by atoms with van der Waals surface area (Å²) in [6, 6.07) is 0.